The van der Waals surface area contributed by atoms with Gasteiger partial charge in [0.25, 0.3) is 0 Å². The van der Waals surface area contributed by atoms with E-state index in [1.54, 1.807) is 0 Å². The van der Waals surface area contributed by atoms with Crippen LogP contribution in [-0.2, 0) is 0 Å². The molecule has 6 nitrogen and oxygen atoms in total. The third-order valence-corrected chi connectivity index (χ3v) is 2.61. The molecule has 62 valence electrons. The molecule has 0 spiro atoms. The van der Waals surface area contributed by atoms with Crippen molar-refractivity contribution in [1.29, 1.82) is 0 Å². The molecule has 1 N–H and O–H groups in total. The monoisotopic (exact) mass is 405 g/mol. The van der Waals surface area contributed by atoms with Gasteiger partial charge in [-0.15, -0.1) is 0 Å². The molecule has 1 rings (SSSR count). The Balaban J connectivity index is 0.00000121. The molecule has 0 atom stereocenters. The zero-order valence-electron chi connectivity index (χ0n) is 4.88. The predicted molar refractivity (Wildman–Crippen MR) is 61.6 cm³/mol. The summed E-state index contributed by atoms with van der Waals surface area (Å²) in [6.45, 7) is 0. The quantitative estimate of drug-likeness (QED) is 0.420. The van der Waals surface area contributed by atoms with E-state index in [4.69, 9.17) is 0 Å². The summed E-state index contributed by atoms with van der Waals surface area (Å²) in [7, 11) is 0. The van der Waals surface area contributed by atoms with Crippen LogP contribution < -0.4 is 17.1 Å². The number of aromatic nitrogens is 3. The second kappa shape index (κ2) is 4.93. The van der Waals surface area contributed by atoms with E-state index < -0.39 is 17.1 Å². The van der Waals surface area contributed by atoms with E-state index in [9.17, 15) is 14.4 Å². The Kier molecular flexibility index (Phi) is 5.29. The Bertz CT molecular complexity index is 408. The Labute approximate surface area is 116 Å². The van der Waals surface area contributed by atoms with Gasteiger partial charge in [0.1, 0.15) is 0 Å². The zero-order valence-corrected chi connectivity index (χ0v) is 9.19. The van der Waals surface area contributed by atoms with Gasteiger partial charge in [0.15, 0.2) is 0 Å². The van der Waals surface area contributed by atoms with Crippen LogP contribution in [-0.4, -0.2) is 40.1 Å². The molecule has 0 fully saturated rings. The fourth-order valence-electron chi connectivity index (χ4n) is 0.440. The standard InChI is InChI=1S/C3HI2N3O3.Na.H/c4-7-1(9)6-2(10)8(5)3(7)11;;/h(H,6,9,10);;. The average molecular weight is 405 g/mol. The number of halogens is 2. The molecule has 0 saturated carbocycles. The van der Waals surface area contributed by atoms with Crippen molar-refractivity contribution in [2.75, 3.05) is 0 Å². The Morgan fingerprint density at radius 3 is 1.67 bits per heavy atom. The number of hydrogen-bond donors (Lipinski definition) is 1. The molecule has 0 aliphatic carbocycles. The Hall–Kier alpha value is 0.870. The molecule has 0 saturated heterocycles. The van der Waals surface area contributed by atoms with E-state index in [0.717, 1.165) is 5.56 Å². The van der Waals surface area contributed by atoms with Gasteiger partial charge in [-0.1, -0.05) is 0 Å². The third-order valence-electron chi connectivity index (χ3n) is 0.906. The van der Waals surface area contributed by atoms with Crippen LogP contribution in [0.1, 0.15) is 0 Å². The van der Waals surface area contributed by atoms with E-state index in [-0.39, 0.29) is 29.6 Å². The summed E-state index contributed by atoms with van der Waals surface area (Å²) < 4.78 is 1.57. The molecule has 0 aliphatic heterocycles. The number of H-pyrrole nitrogens is 1. The van der Waals surface area contributed by atoms with Gasteiger partial charge in [-0.2, -0.15) is 5.56 Å². The van der Waals surface area contributed by atoms with Crippen LogP contribution >= 0.6 is 45.7 Å². The molecule has 0 aliphatic rings. The first-order chi connectivity index (χ1) is 5.04. The van der Waals surface area contributed by atoms with E-state index in [1.165, 1.54) is 45.7 Å². The minimum atomic E-state index is -0.714. The summed E-state index contributed by atoms with van der Waals surface area (Å²) in [5.74, 6) is 0. The summed E-state index contributed by atoms with van der Waals surface area (Å²) in [6.07, 6.45) is 0. The molecule has 1 heterocycles. The van der Waals surface area contributed by atoms with Gasteiger partial charge < -0.3 is 0 Å². The van der Waals surface area contributed by atoms with Crippen LogP contribution in [0.25, 0.3) is 0 Å². The molecule has 0 amide bonds. The number of nitrogens with zero attached hydrogens (tertiary/aromatic N) is 2. The predicted octanol–water partition coefficient (Wildman–Crippen LogP) is -1.55. The van der Waals surface area contributed by atoms with Crippen LogP contribution in [0.3, 0.4) is 0 Å². The number of hydrogen-bond acceptors (Lipinski definition) is 3. The van der Waals surface area contributed by atoms with Crippen LogP contribution in [0.4, 0.5) is 0 Å². The van der Waals surface area contributed by atoms with Gasteiger partial charge in [-0.05, 0) is 0 Å². The van der Waals surface area contributed by atoms with Gasteiger partial charge in [-0.3, -0.25) is 4.98 Å². The van der Waals surface area contributed by atoms with Crippen molar-refractivity contribution in [3.05, 3.63) is 31.5 Å². The molecule has 1 aromatic rings. The first-order valence-corrected chi connectivity index (χ1v) is 4.27. The number of aromatic amines is 1. The van der Waals surface area contributed by atoms with Gasteiger partial charge >= 0.3 is 46.6 Å². The second-order valence-corrected chi connectivity index (χ2v) is 3.51. The second-order valence-electron chi connectivity index (χ2n) is 1.58. The van der Waals surface area contributed by atoms with Crippen LogP contribution in [0.2, 0.25) is 0 Å². The third kappa shape index (κ3) is 2.43. The molecule has 1 aromatic heterocycles. The topological polar surface area (TPSA) is 76.9 Å². The summed E-state index contributed by atoms with van der Waals surface area (Å²) in [5, 5.41) is 0. The molecule has 0 aromatic carbocycles. The summed E-state index contributed by atoms with van der Waals surface area (Å²) in [6, 6.07) is 0. The summed E-state index contributed by atoms with van der Waals surface area (Å²) in [5.41, 5.74) is -2.08. The molecule has 9 heteroatoms. The first kappa shape index (κ1) is 12.9. The van der Waals surface area contributed by atoms with Crippen molar-refractivity contribution < 1.29 is 0 Å². The minimum absolute atomic E-state index is 0. The van der Waals surface area contributed by atoms with Gasteiger partial charge in [0, 0.05) is 0 Å². The van der Waals surface area contributed by atoms with E-state index >= 15 is 0 Å². The van der Waals surface area contributed by atoms with E-state index in [1.807, 2.05) is 4.98 Å². The SMILES string of the molecule is O=c1[nH]c(=O)n(I)c(=O)n1I.[NaH]. The molecule has 0 radical (unpaired) electrons. The fraction of sp³-hybridized carbons (Fsp3) is 0. The number of rotatable bonds is 0. The maximum atomic E-state index is 10.9. The van der Waals surface area contributed by atoms with Crippen molar-refractivity contribution in [1.82, 2.24) is 10.5 Å². The van der Waals surface area contributed by atoms with Crippen molar-refractivity contribution in [2.24, 2.45) is 0 Å². The molecular formula is C3H2I2N3NaO3. The molecule has 12 heavy (non-hydrogen) atoms. The zero-order chi connectivity index (χ0) is 8.59. The van der Waals surface area contributed by atoms with Crippen molar-refractivity contribution >= 4 is 75.3 Å². The van der Waals surface area contributed by atoms with Gasteiger partial charge in [-0.25, -0.2) is 14.4 Å². The fourth-order valence-corrected chi connectivity index (χ4v) is 1.53. The van der Waals surface area contributed by atoms with Gasteiger partial charge in [0.05, 0.1) is 45.7 Å². The summed E-state index contributed by atoms with van der Waals surface area (Å²) in [4.78, 5) is 34.2. The van der Waals surface area contributed by atoms with Crippen LogP contribution in [0.5, 0.6) is 0 Å². The van der Waals surface area contributed by atoms with Crippen LogP contribution in [0, 0.1) is 0 Å². The summed E-state index contributed by atoms with van der Waals surface area (Å²) >= 11 is 3.01. The van der Waals surface area contributed by atoms with Crippen molar-refractivity contribution in [2.45, 2.75) is 0 Å². The Morgan fingerprint density at radius 1 is 1.00 bits per heavy atom. The Morgan fingerprint density at radius 2 is 1.33 bits per heavy atom. The van der Waals surface area contributed by atoms with Crippen LogP contribution in [0.15, 0.2) is 14.4 Å². The average Bonchev–Trinajstić information content (AvgIpc) is 1.97. The molecule has 0 bridgehead atoms. The molecular weight excluding hydrogens is 403 g/mol. The number of nitrogens with one attached hydrogen (secondary N) is 1. The molecule has 0 unspecified atom stereocenters. The maximum absolute atomic E-state index is 10.9. The van der Waals surface area contributed by atoms with Crippen molar-refractivity contribution in [3.63, 3.8) is 0 Å². The van der Waals surface area contributed by atoms with Crippen molar-refractivity contribution in [3.8, 4) is 0 Å². The first-order valence-electron chi connectivity index (χ1n) is 2.34. The normalized spacial score (nSPS) is 9.17. The van der Waals surface area contributed by atoms with E-state index in [0.29, 0.717) is 0 Å². The van der Waals surface area contributed by atoms with E-state index in [2.05, 4.69) is 0 Å². The van der Waals surface area contributed by atoms with Gasteiger partial charge in [0.2, 0.25) is 0 Å².